The zero-order chi connectivity index (χ0) is 15.6. The van der Waals surface area contributed by atoms with Crippen molar-refractivity contribution in [3.63, 3.8) is 0 Å². The number of benzene rings is 1. The summed E-state index contributed by atoms with van der Waals surface area (Å²) >= 11 is 6.01. The topological polar surface area (TPSA) is 74.2 Å². The van der Waals surface area contributed by atoms with Crippen molar-refractivity contribution in [1.29, 1.82) is 0 Å². The molecule has 2 N–H and O–H groups in total. The number of nitrogens with two attached hydrogens (primary N) is 1. The Hall–Kier alpha value is -1.43. The van der Waals surface area contributed by atoms with E-state index in [1.165, 1.54) is 0 Å². The van der Waals surface area contributed by atoms with Gasteiger partial charge in [-0.3, -0.25) is 0 Å². The Labute approximate surface area is 129 Å². The Bertz CT molecular complexity index is 623. The summed E-state index contributed by atoms with van der Waals surface area (Å²) in [4.78, 5) is 4.38. The fourth-order valence-corrected chi connectivity index (χ4v) is 1.87. The highest BCUT2D eigenvalue weighted by atomic mass is 35.5. The van der Waals surface area contributed by atoms with E-state index >= 15 is 0 Å². The molecular weight excluding hydrogens is 290 g/mol. The maximum absolute atomic E-state index is 6.20. The Kier molecular flexibility index (Phi) is 4.66. The van der Waals surface area contributed by atoms with Gasteiger partial charge in [-0.2, -0.15) is 4.98 Å². The van der Waals surface area contributed by atoms with Gasteiger partial charge in [-0.25, -0.2) is 0 Å². The number of aromatic nitrogens is 2. The third-order valence-electron chi connectivity index (χ3n) is 3.06. The lowest BCUT2D eigenvalue weighted by Crippen LogP contribution is -2.40. The lowest BCUT2D eigenvalue weighted by Gasteiger charge is -2.21. The zero-order valence-electron chi connectivity index (χ0n) is 12.7. The Morgan fingerprint density at radius 1 is 1.43 bits per heavy atom. The van der Waals surface area contributed by atoms with Crippen molar-refractivity contribution in [2.24, 2.45) is 5.73 Å². The summed E-state index contributed by atoms with van der Waals surface area (Å²) < 4.78 is 10.8. The predicted octanol–water partition coefficient (Wildman–Crippen LogP) is 3.30. The molecule has 0 fully saturated rings. The number of nitrogens with zero attached hydrogens (tertiary/aromatic N) is 2. The van der Waals surface area contributed by atoms with Crippen LogP contribution < -0.4 is 5.73 Å². The van der Waals surface area contributed by atoms with Crippen molar-refractivity contribution in [3.05, 3.63) is 34.6 Å². The lowest BCUT2D eigenvalue weighted by atomic mass is 10.1. The van der Waals surface area contributed by atoms with Crippen LogP contribution >= 0.6 is 11.6 Å². The third kappa shape index (κ3) is 3.81. The zero-order valence-corrected chi connectivity index (χ0v) is 13.4. The molecule has 6 heteroatoms. The van der Waals surface area contributed by atoms with Gasteiger partial charge in [0.2, 0.25) is 0 Å². The van der Waals surface area contributed by atoms with Gasteiger partial charge in [0.15, 0.2) is 5.82 Å². The molecule has 21 heavy (non-hydrogen) atoms. The van der Waals surface area contributed by atoms with E-state index in [1.807, 2.05) is 39.8 Å². The summed E-state index contributed by atoms with van der Waals surface area (Å²) in [6, 6.07) is 5.54. The summed E-state index contributed by atoms with van der Waals surface area (Å²) in [6.45, 7) is 7.97. The van der Waals surface area contributed by atoms with Crippen LogP contribution in [0.5, 0.6) is 0 Å². The maximum Gasteiger partial charge on any atom is 0.258 e. The molecule has 0 bridgehead atoms. The van der Waals surface area contributed by atoms with Crippen molar-refractivity contribution in [2.75, 3.05) is 6.61 Å². The largest absolute Gasteiger partial charge is 0.376 e. The summed E-state index contributed by atoms with van der Waals surface area (Å²) in [5.74, 6) is 0.844. The lowest BCUT2D eigenvalue weighted by molar-refractivity contribution is 0.0410. The first-order valence-corrected chi connectivity index (χ1v) is 7.18. The number of aryl methyl sites for hydroxylation is 1. The number of hydrogen-bond donors (Lipinski definition) is 1. The SMILES string of the molecule is Cc1cc(-c2nc(C(C)(N)COC(C)C)no2)ccc1Cl. The highest BCUT2D eigenvalue weighted by Crippen LogP contribution is 2.25. The van der Waals surface area contributed by atoms with Crippen LogP contribution in [-0.4, -0.2) is 22.9 Å². The van der Waals surface area contributed by atoms with Crippen LogP contribution in [0.15, 0.2) is 22.7 Å². The molecule has 5 nitrogen and oxygen atoms in total. The molecule has 0 aliphatic carbocycles. The van der Waals surface area contributed by atoms with Crippen molar-refractivity contribution in [3.8, 4) is 11.5 Å². The minimum Gasteiger partial charge on any atom is -0.376 e. The molecule has 1 unspecified atom stereocenters. The summed E-state index contributed by atoms with van der Waals surface area (Å²) in [5.41, 5.74) is 7.17. The van der Waals surface area contributed by atoms with Gasteiger partial charge in [0.1, 0.15) is 5.54 Å². The van der Waals surface area contributed by atoms with E-state index in [9.17, 15) is 0 Å². The van der Waals surface area contributed by atoms with Crippen molar-refractivity contribution >= 4 is 11.6 Å². The minimum atomic E-state index is -0.798. The quantitative estimate of drug-likeness (QED) is 0.917. The van der Waals surface area contributed by atoms with Crippen LogP contribution in [0, 0.1) is 6.92 Å². The van der Waals surface area contributed by atoms with Crippen LogP contribution in [0.2, 0.25) is 5.02 Å². The fourth-order valence-electron chi connectivity index (χ4n) is 1.75. The molecule has 0 aliphatic heterocycles. The summed E-state index contributed by atoms with van der Waals surface area (Å²) in [7, 11) is 0. The number of halogens is 1. The van der Waals surface area contributed by atoms with Gasteiger partial charge in [0.25, 0.3) is 5.89 Å². The van der Waals surface area contributed by atoms with Crippen LogP contribution in [0.3, 0.4) is 0 Å². The Morgan fingerprint density at radius 2 is 2.14 bits per heavy atom. The summed E-state index contributed by atoms with van der Waals surface area (Å²) in [5, 5.41) is 4.67. The van der Waals surface area contributed by atoms with Gasteiger partial charge in [-0.05, 0) is 51.5 Å². The van der Waals surface area contributed by atoms with E-state index in [-0.39, 0.29) is 6.10 Å². The van der Waals surface area contributed by atoms with Crippen LogP contribution in [0.4, 0.5) is 0 Å². The first-order chi connectivity index (χ1) is 9.79. The second-order valence-electron chi connectivity index (χ2n) is 5.66. The molecule has 2 aromatic rings. The van der Waals surface area contributed by atoms with E-state index in [1.54, 1.807) is 6.07 Å². The van der Waals surface area contributed by atoms with Gasteiger partial charge in [0, 0.05) is 10.6 Å². The van der Waals surface area contributed by atoms with Crippen LogP contribution in [0.1, 0.15) is 32.2 Å². The normalized spacial score (nSPS) is 14.4. The van der Waals surface area contributed by atoms with Crippen LogP contribution in [0.25, 0.3) is 11.5 Å². The van der Waals surface area contributed by atoms with Gasteiger partial charge < -0.3 is 15.0 Å². The molecule has 0 radical (unpaired) electrons. The molecule has 0 spiro atoms. The van der Waals surface area contributed by atoms with E-state index < -0.39 is 5.54 Å². The van der Waals surface area contributed by atoms with Crippen LogP contribution in [-0.2, 0) is 10.3 Å². The van der Waals surface area contributed by atoms with E-state index in [2.05, 4.69) is 10.1 Å². The molecule has 0 aliphatic rings. The first-order valence-electron chi connectivity index (χ1n) is 6.81. The number of ether oxygens (including phenoxy) is 1. The van der Waals surface area contributed by atoms with Crippen molar-refractivity contribution in [1.82, 2.24) is 10.1 Å². The average molecular weight is 310 g/mol. The molecule has 0 saturated carbocycles. The molecular formula is C15H20ClN3O2. The molecule has 0 saturated heterocycles. The number of rotatable bonds is 5. The Balaban J connectivity index is 2.22. The molecule has 2 rings (SSSR count). The van der Waals surface area contributed by atoms with E-state index in [0.717, 1.165) is 11.1 Å². The fraction of sp³-hybridized carbons (Fsp3) is 0.467. The molecule has 1 aromatic carbocycles. The smallest absolute Gasteiger partial charge is 0.258 e. The molecule has 0 amide bonds. The monoisotopic (exact) mass is 309 g/mol. The van der Waals surface area contributed by atoms with Gasteiger partial charge in [-0.15, -0.1) is 0 Å². The minimum absolute atomic E-state index is 0.0955. The second-order valence-corrected chi connectivity index (χ2v) is 6.07. The molecule has 1 atom stereocenters. The highest BCUT2D eigenvalue weighted by molar-refractivity contribution is 6.31. The average Bonchev–Trinajstić information content (AvgIpc) is 2.90. The first kappa shape index (κ1) is 15.9. The van der Waals surface area contributed by atoms with Crippen molar-refractivity contribution < 1.29 is 9.26 Å². The second kappa shape index (κ2) is 6.13. The Morgan fingerprint density at radius 3 is 2.76 bits per heavy atom. The molecule has 114 valence electrons. The number of hydrogen-bond acceptors (Lipinski definition) is 5. The standard InChI is InChI=1S/C15H20ClN3O2/c1-9(2)20-8-15(4,17)14-18-13(21-19-14)11-5-6-12(16)10(3)7-11/h5-7,9H,8,17H2,1-4H3. The molecule has 1 aromatic heterocycles. The third-order valence-corrected chi connectivity index (χ3v) is 3.48. The van der Waals surface area contributed by atoms with Crippen molar-refractivity contribution in [2.45, 2.75) is 39.3 Å². The van der Waals surface area contributed by atoms with Gasteiger partial charge >= 0.3 is 0 Å². The van der Waals surface area contributed by atoms with Gasteiger partial charge in [-0.1, -0.05) is 16.8 Å². The molecule has 1 heterocycles. The summed E-state index contributed by atoms with van der Waals surface area (Å²) in [6.07, 6.45) is 0.0955. The predicted molar refractivity (Wildman–Crippen MR) is 82.1 cm³/mol. The highest BCUT2D eigenvalue weighted by Gasteiger charge is 2.28. The van der Waals surface area contributed by atoms with E-state index in [4.69, 9.17) is 26.6 Å². The van der Waals surface area contributed by atoms with Gasteiger partial charge in [0.05, 0.1) is 12.7 Å². The maximum atomic E-state index is 6.20. The van der Waals surface area contributed by atoms with E-state index in [0.29, 0.717) is 23.3 Å².